The van der Waals surface area contributed by atoms with Crippen molar-refractivity contribution < 1.29 is 4.79 Å². The number of carbonyl (C=O) groups excluding carboxylic acids is 1. The predicted octanol–water partition coefficient (Wildman–Crippen LogP) is 3.65. The maximum absolute atomic E-state index is 12.1. The quantitative estimate of drug-likeness (QED) is 0.861. The second-order valence-electron chi connectivity index (χ2n) is 6.28. The molecule has 0 bridgehead atoms. The lowest BCUT2D eigenvalue weighted by Gasteiger charge is -2.17. The lowest BCUT2D eigenvalue weighted by Crippen LogP contribution is -2.22. The van der Waals surface area contributed by atoms with Crippen LogP contribution in [0.5, 0.6) is 0 Å². The average Bonchev–Trinajstić information content (AvgIpc) is 2.88. The van der Waals surface area contributed by atoms with E-state index < -0.39 is 0 Å². The van der Waals surface area contributed by atoms with Gasteiger partial charge < -0.3 is 10.2 Å². The largest absolute Gasteiger partial charge is 0.378 e. The number of hydrogen-bond donors (Lipinski definition) is 1. The van der Waals surface area contributed by atoms with E-state index in [1.165, 1.54) is 31.0 Å². The minimum Gasteiger partial charge on any atom is -0.378 e. The van der Waals surface area contributed by atoms with Crippen molar-refractivity contribution in [2.45, 2.75) is 38.1 Å². The maximum Gasteiger partial charge on any atom is 0.264 e. The molecule has 23 heavy (non-hydrogen) atoms. The highest BCUT2D eigenvalue weighted by molar-refractivity contribution is 8.18. The van der Waals surface area contributed by atoms with E-state index in [0.717, 1.165) is 34.2 Å². The molecule has 1 aliphatic carbocycles. The molecule has 1 saturated carbocycles. The number of nitrogens with one attached hydrogen (secondary N) is 1. The number of amides is 1. The van der Waals surface area contributed by atoms with Crippen molar-refractivity contribution in [3.05, 3.63) is 34.7 Å². The van der Waals surface area contributed by atoms with Crippen LogP contribution in [-0.4, -0.2) is 31.2 Å². The number of benzene rings is 1. The van der Waals surface area contributed by atoms with Crippen LogP contribution in [0.4, 0.5) is 5.69 Å². The molecule has 0 spiro atoms. The number of anilines is 1. The Morgan fingerprint density at radius 1 is 1.17 bits per heavy atom. The summed E-state index contributed by atoms with van der Waals surface area (Å²) >= 11 is 1.46. The van der Waals surface area contributed by atoms with Gasteiger partial charge in [0.05, 0.1) is 10.9 Å². The Morgan fingerprint density at radius 2 is 1.87 bits per heavy atom. The third kappa shape index (κ3) is 4.16. The SMILES string of the molecule is CN(C)c1ccc(/C=C2/SC(=NC3CCCCC3)NC2=O)cc1. The lowest BCUT2D eigenvalue weighted by atomic mass is 9.96. The summed E-state index contributed by atoms with van der Waals surface area (Å²) in [5.41, 5.74) is 2.18. The Morgan fingerprint density at radius 3 is 2.52 bits per heavy atom. The highest BCUT2D eigenvalue weighted by Crippen LogP contribution is 2.29. The van der Waals surface area contributed by atoms with Gasteiger partial charge in [-0.05, 0) is 48.4 Å². The number of thioether (sulfide) groups is 1. The van der Waals surface area contributed by atoms with Crippen molar-refractivity contribution in [3.63, 3.8) is 0 Å². The molecule has 0 atom stereocenters. The Bertz CT molecular complexity index is 628. The van der Waals surface area contributed by atoms with Gasteiger partial charge in [0.1, 0.15) is 0 Å². The van der Waals surface area contributed by atoms with Crippen molar-refractivity contribution in [3.8, 4) is 0 Å². The molecule has 1 aromatic rings. The summed E-state index contributed by atoms with van der Waals surface area (Å²) in [6.07, 6.45) is 8.04. The molecule has 1 N–H and O–H groups in total. The molecule has 2 aliphatic rings. The summed E-state index contributed by atoms with van der Waals surface area (Å²) < 4.78 is 0. The first-order valence-corrected chi connectivity index (χ1v) is 8.99. The fourth-order valence-corrected chi connectivity index (χ4v) is 3.78. The van der Waals surface area contributed by atoms with Crippen molar-refractivity contribution in [2.24, 2.45) is 4.99 Å². The molecular weight excluding hydrogens is 306 g/mol. The van der Waals surface area contributed by atoms with Crippen LogP contribution >= 0.6 is 11.8 Å². The molecule has 1 heterocycles. The second-order valence-corrected chi connectivity index (χ2v) is 7.31. The van der Waals surface area contributed by atoms with Crippen LogP contribution in [0.2, 0.25) is 0 Å². The second kappa shape index (κ2) is 7.21. The van der Waals surface area contributed by atoms with Crippen molar-refractivity contribution in [2.75, 3.05) is 19.0 Å². The first-order valence-electron chi connectivity index (χ1n) is 8.18. The van der Waals surface area contributed by atoms with E-state index in [2.05, 4.69) is 22.3 Å². The molecule has 1 saturated heterocycles. The van der Waals surface area contributed by atoms with E-state index in [1.807, 2.05) is 32.3 Å². The highest BCUT2D eigenvalue weighted by Gasteiger charge is 2.25. The normalized spacial score (nSPS) is 22.6. The van der Waals surface area contributed by atoms with E-state index >= 15 is 0 Å². The van der Waals surface area contributed by atoms with Crippen LogP contribution in [0, 0.1) is 0 Å². The number of nitrogens with zero attached hydrogens (tertiary/aromatic N) is 2. The maximum atomic E-state index is 12.1. The smallest absolute Gasteiger partial charge is 0.264 e. The number of carbonyl (C=O) groups is 1. The topological polar surface area (TPSA) is 44.7 Å². The van der Waals surface area contributed by atoms with Crippen LogP contribution in [-0.2, 0) is 4.79 Å². The molecule has 1 aromatic carbocycles. The Hall–Kier alpha value is -1.75. The molecule has 0 aromatic heterocycles. The van der Waals surface area contributed by atoms with Crippen LogP contribution in [0.1, 0.15) is 37.7 Å². The summed E-state index contributed by atoms with van der Waals surface area (Å²) in [7, 11) is 4.03. The van der Waals surface area contributed by atoms with Crippen molar-refractivity contribution >= 4 is 34.6 Å². The number of hydrogen-bond acceptors (Lipinski definition) is 4. The highest BCUT2D eigenvalue weighted by atomic mass is 32.2. The summed E-state index contributed by atoms with van der Waals surface area (Å²) in [6.45, 7) is 0. The number of amidine groups is 1. The molecule has 1 aliphatic heterocycles. The van der Waals surface area contributed by atoms with E-state index in [9.17, 15) is 4.79 Å². The third-order valence-electron chi connectivity index (χ3n) is 4.23. The van der Waals surface area contributed by atoms with E-state index in [1.54, 1.807) is 0 Å². The zero-order chi connectivity index (χ0) is 16.2. The molecule has 122 valence electrons. The average molecular weight is 329 g/mol. The summed E-state index contributed by atoms with van der Waals surface area (Å²) in [5, 5.41) is 3.66. The van der Waals surface area contributed by atoms with Gasteiger partial charge in [0.15, 0.2) is 5.17 Å². The number of rotatable bonds is 3. The Labute approximate surface area is 142 Å². The Balaban J connectivity index is 1.70. The van der Waals surface area contributed by atoms with Gasteiger partial charge >= 0.3 is 0 Å². The van der Waals surface area contributed by atoms with Crippen LogP contribution in [0.15, 0.2) is 34.2 Å². The number of aliphatic imine (C=N–C) groups is 1. The minimum atomic E-state index is -0.0405. The summed E-state index contributed by atoms with van der Waals surface area (Å²) in [6, 6.07) is 8.56. The predicted molar refractivity (Wildman–Crippen MR) is 98.8 cm³/mol. The van der Waals surface area contributed by atoms with Gasteiger partial charge in [0, 0.05) is 19.8 Å². The summed E-state index contributed by atoms with van der Waals surface area (Å²) in [4.78, 5) is 19.6. The molecule has 0 radical (unpaired) electrons. The van der Waals surface area contributed by atoms with Gasteiger partial charge in [-0.1, -0.05) is 31.4 Å². The van der Waals surface area contributed by atoms with Gasteiger partial charge in [-0.25, -0.2) is 0 Å². The van der Waals surface area contributed by atoms with Gasteiger partial charge in [-0.3, -0.25) is 9.79 Å². The Kier molecular flexibility index (Phi) is 5.06. The van der Waals surface area contributed by atoms with Crippen LogP contribution < -0.4 is 10.2 Å². The van der Waals surface area contributed by atoms with Gasteiger partial charge in [-0.15, -0.1) is 0 Å². The third-order valence-corrected chi connectivity index (χ3v) is 5.16. The van der Waals surface area contributed by atoms with Gasteiger partial charge in [-0.2, -0.15) is 0 Å². The lowest BCUT2D eigenvalue weighted by molar-refractivity contribution is -0.115. The van der Waals surface area contributed by atoms with Crippen molar-refractivity contribution in [1.82, 2.24) is 5.32 Å². The van der Waals surface area contributed by atoms with E-state index in [0.29, 0.717) is 6.04 Å². The molecule has 4 nitrogen and oxygen atoms in total. The summed E-state index contributed by atoms with van der Waals surface area (Å²) in [5.74, 6) is -0.0405. The van der Waals surface area contributed by atoms with E-state index in [4.69, 9.17) is 4.99 Å². The van der Waals surface area contributed by atoms with Gasteiger partial charge in [0.25, 0.3) is 5.91 Å². The van der Waals surface area contributed by atoms with Gasteiger partial charge in [0.2, 0.25) is 0 Å². The first kappa shape index (κ1) is 16.1. The molecular formula is C18H23N3OS. The monoisotopic (exact) mass is 329 g/mol. The minimum absolute atomic E-state index is 0.0405. The molecule has 5 heteroatoms. The van der Waals surface area contributed by atoms with E-state index in [-0.39, 0.29) is 5.91 Å². The van der Waals surface area contributed by atoms with Crippen LogP contribution in [0.25, 0.3) is 6.08 Å². The van der Waals surface area contributed by atoms with Crippen molar-refractivity contribution in [1.29, 1.82) is 0 Å². The molecule has 3 rings (SSSR count). The standard InChI is InChI=1S/C18H23N3OS/c1-21(2)15-10-8-13(9-11-15)12-16-17(22)20-18(23-16)19-14-6-4-3-5-7-14/h8-12,14H,3-7H2,1-2H3,(H,19,20,22)/b16-12+. The molecule has 2 fully saturated rings. The van der Waals surface area contributed by atoms with Crippen LogP contribution in [0.3, 0.4) is 0 Å². The molecule has 0 unspecified atom stereocenters. The first-order chi connectivity index (χ1) is 11.1. The zero-order valence-electron chi connectivity index (χ0n) is 13.7. The fourth-order valence-electron chi connectivity index (χ4n) is 2.88. The zero-order valence-corrected chi connectivity index (χ0v) is 14.5. The fraction of sp³-hybridized carbons (Fsp3) is 0.444. The molecule has 1 amide bonds.